The second-order valence-corrected chi connectivity index (χ2v) is 6.78. The highest BCUT2D eigenvalue weighted by molar-refractivity contribution is 8.02. The zero-order valence-corrected chi connectivity index (χ0v) is 16.5. The van der Waals surface area contributed by atoms with Crippen LogP contribution in [0.2, 0.25) is 10.0 Å². The van der Waals surface area contributed by atoms with Gasteiger partial charge in [0.05, 0.1) is 17.7 Å². The number of rotatable bonds is 7. The van der Waals surface area contributed by atoms with Gasteiger partial charge >= 0.3 is 0 Å². The lowest BCUT2D eigenvalue weighted by Crippen LogP contribution is -2.10. The maximum Gasteiger partial charge on any atom is 0.227 e. The minimum atomic E-state index is 0.426. The van der Waals surface area contributed by atoms with Crippen LogP contribution in [-0.2, 0) is 4.74 Å². The normalized spacial score (nSPS) is 12.9. The Kier molecular flexibility index (Phi) is 8.88. The van der Waals surface area contributed by atoms with Crippen molar-refractivity contribution < 1.29 is 9.47 Å². The highest BCUT2D eigenvalue weighted by atomic mass is 35.5. The zero-order valence-electron chi connectivity index (χ0n) is 14.2. The number of allylic oxidation sites excluding steroid dienone is 1. The lowest BCUT2D eigenvalue weighted by molar-refractivity contribution is 0.406. The molecular weight excluding hydrogens is 353 g/mol. The number of halogens is 2. The summed E-state index contributed by atoms with van der Waals surface area (Å²) in [6.45, 7) is 6.30. The molecule has 0 aliphatic rings. The molecule has 1 aromatic carbocycles. The number of aliphatic imine (C=N–C) groups is 1. The van der Waals surface area contributed by atoms with E-state index in [0.717, 1.165) is 23.7 Å². The van der Waals surface area contributed by atoms with Crippen LogP contribution in [0.5, 0.6) is 5.75 Å². The Labute approximate surface area is 153 Å². The Morgan fingerprint density at radius 2 is 1.96 bits per heavy atom. The van der Waals surface area contributed by atoms with Crippen molar-refractivity contribution in [3.63, 3.8) is 0 Å². The summed E-state index contributed by atoms with van der Waals surface area (Å²) < 4.78 is 11.5. The molecular formula is C17H23Cl2NO2S. The van der Waals surface area contributed by atoms with Crippen molar-refractivity contribution in [2.75, 3.05) is 19.9 Å². The first-order valence-corrected chi connectivity index (χ1v) is 9.23. The number of benzene rings is 1. The predicted molar refractivity (Wildman–Crippen MR) is 102 cm³/mol. The van der Waals surface area contributed by atoms with Crippen molar-refractivity contribution in [2.24, 2.45) is 4.99 Å². The molecule has 0 saturated heterocycles. The number of thioether (sulfide) groups is 1. The second-order valence-electron chi connectivity index (χ2n) is 4.87. The summed E-state index contributed by atoms with van der Waals surface area (Å²) in [6.07, 6.45) is 1.98. The number of hydrogen-bond donors (Lipinski definition) is 0. The van der Waals surface area contributed by atoms with Gasteiger partial charge in [0.25, 0.3) is 0 Å². The van der Waals surface area contributed by atoms with E-state index in [0.29, 0.717) is 27.3 Å². The molecule has 0 aliphatic carbocycles. The van der Waals surface area contributed by atoms with Crippen LogP contribution in [-0.4, -0.2) is 25.8 Å². The van der Waals surface area contributed by atoms with Gasteiger partial charge in [-0.05, 0) is 37.5 Å². The molecule has 0 amide bonds. The Hall–Kier alpha value is -0.840. The molecule has 0 spiro atoms. The molecule has 0 fully saturated rings. The van der Waals surface area contributed by atoms with Gasteiger partial charge in [0.15, 0.2) is 5.09 Å². The van der Waals surface area contributed by atoms with Gasteiger partial charge in [0.1, 0.15) is 5.75 Å². The fourth-order valence-corrected chi connectivity index (χ4v) is 3.27. The first kappa shape index (κ1) is 20.2. The van der Waals surface area contributed by atoms with Crippen LogP contribution in [0.3, 0.4) is 0 Å². The molecule has 1 aromatic rings. The Bertz CT molecular complexity index is 601. The largest absolute Gasteiger partial charge is 0.496 e. The lowest BCUT2D eigenvalue weighted by Gasteiger charge is -2.17. The van der Waals surface area contributed by atoms with Gasteiger partial charge in [-0.2, -0.15) is 0 Å². The molecule has 0 atom stereocenters. The summed E-state index contributed by atoms with van der Waals surface area (Å²) in [5, 5.41) is 1.82. The molecule has 6 heteroatoms. The van der Waals surface area contributed by atoms with E-state index in [1.54, 1.807) is 38.1 Å². The van der Waals surface area contributed by atoms with E-state index in [1.807, 2.05) is 0 Å². The predicted octanol–water partition coefficient (Wildman–Crippen LogP) is 6.18. The van der Waals surface area contributed by atoms with Crippen LogP contribution in [0.1, 0.15) is 39.2 Å². The van der Waals surface area contributed by atoms with E-state index < -0.39 is 0 Å². The minimum absolute atomic E-state index is 0.426. The average molecular weight is 376 g/mol. The summed E-state index contributed by atoms with van der Waals surface area (Å²) in [5.41, 5.74) is 1.79. The molecule has 0 radical (unpaired) electrons. The highest BCUT2D eigenvalue weighted by Gasteiger charge is 2.19. The van der Waals surface area contributed by atoms with E-state index in [9.17, 15) is 0 Å². The van der Waals surface area contributed by atoms with Crippen molar-refractivity contribution in [3.05, 3.63) is 38.4 Å². The molecule has 0 aliphatic heterocycles. The number of hydrogen-bond acceptors (Lipinski definition) is 4. The van der Waals surface area contributed by atoms with Crippen molar-refractivity contribution in [2.45, 2.75) is 33.6 Å². The van der Waals surface area contributed by atoms with E-state index >= 15 is 0 Å². The van der Waals surface area contributed by atoms with Crippen molar-refractivity contribution in [1.82, 2.24) is 0 Å². The third-order valence-corrected chi connectivity index (χ3v) is 4.98. The third kappa shape index (κ3) is 5.63. The highest BCUT2D eigenvalue weighted by Crippen LogP contribution is 2.34. The molecule has 0 aromatic heterocycles. The maximum atomic E-state index is 6.34. The van der Waals surface area contributed by atoms with E-state index in [2.05, 4.69) is 25.8 Å². The zero-order chi connectivity index (χ0) is 17.4. The van der Waals surface area contributed by atoms with Crippen LogP contribution in [0.25, 0.3) is 0 Å². The molecule has 128 valence electrons. The van der Waals surface area contributed by atoms with Gasteiger partial charge < -0.3 is 9.47 Å². The Balaban J connectivity index is 3.24. The first-order valence-electron chi connectivity index (χ1n) is 7.48. The van der Waals surface area contributed by atoms with E-state index in [1.165, 1.54) is 5.57 Å². The lowest BCUT2D eigenvalue weighted by atomic mass is 10.2. The molecule has 23 heavy (non-hydrogen) atoms. The molecule has 0 unspecified atom stereocenters. The van der Waals surface area contributed by atoms with Gasteiger partial charge in [-0.15, -0.1) is 0 Å². The van der Waals surface area contributed by atoms with Gasteiger partial charge in [-0.3, -0.25) is 4.99 Å². The summed E-state index contributed by atoms with van der Waals surface area (Å²) >= 11 is 14.1. The summed E-state index contributed by atoms with van der Waals surface area (Å²) in [4.78, 5) is 4.26. The molecule has 3 nitrogen and oxygen atoms in total. The quantitative estimate of drug-likeness (QED) is 0.323. The summed E-state index contributed by atoms with van der Waals surface area (Å²) in [6, 6.07) is 3.36. The maximum absolute atomic E-state index is 6.34. The van der Waals surface area contributed by atoms with Gasteiger partial charge in [0.2, 0.25) is 5.90 Å². The Morgan fingerprint density at radius 1 is 1.26 bits per heavy atom. The number of methoxy groups -OCH3 is 1. The summed E-state index contributed by atoms with van der Waals surface area (Å²) in [5.74, 6) is 1.95. The van der Waals surface area contributed by atoms with Gasteiger partial charge in [0, 0.05) is 17.8 Å². The average Bonchev–Trinajstić information content (AvgIpc) is 2.54. The van der Waals surface area contributed by atoms with E-state index in [4.69, 9.17) is 32.7 Å². The number of nitrogens with zero attached hydrogens (tertiary/aromatic N) is 1. The van der Waals surface area contributed by atoms with Crippen molar-refractivity contribution >= 4 is 40.9 Å². The van der Waals surface area contributed by atoms with Crippen LogP contribution in [0, 0.1) is 0 Å². The van der Waals surface area contributed by atoms with Gasteiger partial charge in [-0.25, -0.2) is 0 Å². The molecule has 0 heterocycles. The Morgan fingerprint density at radius 3 is 2.48 bits per heavy atom. The smallest absolute Gasteiger partial charge is 0.227 e. The standard InChI is InChI=1S/C17H23Cl2NO2S/c1-6-8-23-17(11(3)7-2)22-16(20-4)15-13(19)9-12(18)10-14(15)21-5/h9-10H,6-8H2,1-5H3. The molecule has 0 bridgehead atoms. The fourth-order valence-electron chi connectivity index (χ4n) is 1.79. The number of ether oxygens (including phenoxy) is 2. The van der Waals surface area contributed by atoms with Crippen LogP contribution in [0.4, 0.5) is 0 Å². The molecule has 0 N–H and O–H groups in total. The third-order valence-electron chi connectivity index (χ3n) is 3.16. The minimum Gasteiger partial charge on any atom is -0.496 e. The summed E-state index contributed by atoms with van der Waals surface area (Å²) in [7, 11) is 3.24. The SMILES string of the molecule is CCCSC(OC(=NC)c1c(Cl)cc(Cl)cc1OC)=C(C)CC. The second kappa shape index (κ2) is 10.1. The van der Waals surface area contributed by atoms with Crippen molar-refractivity contribution in [1.29, 1.82) is 0 Å². The fraction of sp³-hybridized carbons (Fsp3) is 0.471. The molecule has 1 rings (SSSR count). The monoisotopic (exact) mass is 375 g/mol. The van der Waals surface area contributed by atoms with Crippen molar-refractivity contribution in [3.8, 4) is 5.75 Å². The first-order chi connectivity index (χ1) is 11.0. The van der Waals surface area contributed by atoms with Crippen LogP contribution >= 0.6 is 35.0 Å². The van der Waals surface area contributed by atoms with Gasteiger partial charge in [-0.1, -0.05) is 48.8 Å². The van der Waals surface area contributed by atoms with E-state index in [-0.39, 0.29) is 0 Å². The molecule has 0 saturated carbocycles. The topological polar surface area (TPSA) is 30.8 Å². The van der Waals surface area contributed by atoms with Crippen LogP contribution < -0.4 is 4.74 Å². The van der Waals surface area contributed by atoms with Crippen LogP contribution in [0.15, 0.2) is 27.8 Å².